The van der Waals surface area contributed by atoms with Gasteiger partial charge < -0.3 is 4.90 Å². The van der Waals surface area contributed by atoms with Crippen LogP contribution in [0.4, 0.5) is 0 Å². The highest BCUT2D eigenvalue weighted by Gasteiger charge is 2.16. The van der Waals surface area contributed by atoms with Crippen molar-refractivity contribution < 1.29 is 4.79 Å². The van der Waals surface area contributed by atoms with Crippen LogP contribution < -0.4 is 0 Å². The zero-order valence-corrected chi connectivity index (χ0v) is 11.0. The highest BCUT2D eigenvalue weighted by Crippen LogP contribution is 2.13. The summed E-state index contributed by atoms with van der Waals surface area (Å²) in [6.07, 6.45) is 2.12. The summed E-state index contributed by atoms with van der Waals surface area (Å²) >= 11 is 4.24. The second kappa shape index (κ2) is 5.94. The predicted molar refractivity (Wildman–Crippen MR) is 70.2 cm³/mol. The Balaban J connectivity index is 2.77. The molecule has 16 heavy (non-hydrogen) atoms. The maximum atomic E-state index is 12.1. The van der Waals surface area contributed by atoms with Gasteiger partial charge in [0.15, 0.2) is 0 Å². The monoisotopic (exact) mass is 237 g/mol. The number of benzene rings is 1. The van der Waals surface area contributed by atoms with Crippen molar-refractivity contribution >= 4 is 18.5 Å². The van der Waals surface area contributed by atoms with E-state index < -0.39 is 0 Å². The van der Waals surface area contributed by atoms with E-state index in [1.54, 1.807) is 11.0 Å². The highest BCUT2D eigenvalue weighted by atomic mass is 32.1. The first-order valence-corrected chi connectivity index (χ1v) is 6.07. The number of carbonyl (C=O) groups is 1. The van der Waals surface area contributed by atoms with E-state index in [9.17, 15) is 4.79 Å². The lowest BCUT2D eigenvalue weighted by molar-refractivity contribution is 0.0736. The molecule has 1 amide bonds. The first-order chi connectivity index (χ1) is 7.56. The van der Waals surface area contributed by atoms with Gasteiger partial charge in [0, 0.05) is 23.5 Å². The summed E-state index contributed by atoms with van der Waals surface area (Å²) in [6.45, 7) is 4.20. The highest BCUT2D eigenvalue weighted by molar-refractivity contribution is 7.80. The predicted octanol–water partition coefficient (Wildman–Crippen LogP) is 3.24. The van der Waals surface area contributed by atoms with Crippen molar-refractivity contribution in [2.24, 2.45) is 0 Å². The van der Waals surface area contributed by atoms with E-state index >= 15 is 0 Å². The van der Waals surface area contributed by atoms with Gasteiger partial charge in [-0.1, -0.05) is 19.4 Å². The Kier molecular flexibility index (Phi) is 4.87. The van der Waals surface area contributed by atoms with Gasteiger partial charge in [0.05, 0.1) is 0 Å². The van der Waals surface area contributed by atoms with Crippen molar-refractivity contribution in [3.8, 4) is 0 Å². The van der Waals surface area contributed by atoms with Crippen molar-refractivity contribution in [1.82, 2.24) is 4.90 Å². The molecule has 1 aromatic carbocycles. The molecule has 0 saturated heterocycles. The van der Waals surface area contributed by atoms with Crippen molar-refractivity contribution in [2.45, 2.75) is 37.6 Å². The van der Waals surface area contributed by atoms with Gasteiger partial charge in [-0.15, -0.1) is 12.6 Å². The molecule has 0 N–H and O–H groups in total. The molecule has 1 unspecified atom stereocenters. The lowest BCUT2D eigenvalue weighted by Crippen LogP contribution is -2.34. The molecule has 0 bridgehead atoms. The Morgan fingerprint density at radius 1 is 1.50 bits per heavy atom. The second-order valence-electron chi connectivity index (χ2n) is 4.10. The maximum absolute atomic E-state index is 12.1. The lowest BCUT2D eigenvalue weighted by Gasteiger charge is -2.24. The molecule has 3 heteroatoms. The molecule has 1 atom stereocenters. The van der Waals surface area contributed by atoms with Gasteiger partial charge in [0.1, 0.15) is 0 Å². The lowest BCUT2D eigenvalue weighted by atomic mass is 10.1. The Morgan fingerprint density at radius 2 is 2.19 bits per heavy atom. The molecule has 88 valence electrons. The van der Waals surface area contributed by atoms with E-state index in [1.165, 1.54) is 0 Å². The third kappa shape index (κ3) is 3.27. The van der Waals surface area contributed by atoms with E-state index in [-0.39, 0.29) is 11.9 Å². The molecular weight excluding hydrogens is 218 g/mol. The maximum Gasteiger partial charge on any atom is 0.253 e. The van der Waals surface area contributed by atoms with Crippen LogP contribution in [0.3, 0.4) is 0 Å². The fourth-order valence-corrected chi connectivity index (χ4v) is 1.88. The van der Waals surface area contributed by atoms with Crippen LogP contribution in [0, 0.1) is 0 Å². The van der Waals surface area contributed by atoms with Crippen molar-refractivity contribution in [3.63, 3.8) is 0 Å². The first-order valence-electron chi connectivity index (χ1n) is 5.62. The number of hydrogen-bond acceptors (Lipinski definition) is 2. The molecule has 0 heterocycles. The number of rotatable bonds is 4. The van der Waals surface area contributed by atoms with Crippen LogP contribution in [0.5, 0.6) is 0 Å². The van der Waals surface area contributed by atoms with Crippen LogP contribution in [-0.4, -0.2) is 23.9 Å². The molecule has 0 aliphatic carbocycles. The first kappa shape index (κ1) is 13.1. The van der Waals surface area contributed by atoms with Crippen molar-refractivity contribution in [1.29, 1.82) is 0 Å². The number of hydrogen-bond donors (Lipinski definition) is 1. The molecule has 0 spiro atoms. The zero-order chi connectivity index (χ0) is 12.1. The van der Waals surface area contributed by atoms with Crippen LogP contribution >= 0.6 is 12.6 Å². The number of thiol groups is 1. The second-order valence-corrected chi connectivity index (χ2v) is 4.62. The van der Waals surface area contributed by atoms with E-state index in [2.05, 4.69) is 26.5 Å². The quantitative estimate of drug-likeness (QED) is 0.797. The molecular formula is C13H19NOS. The van der Waals surface area contributed by atoms with Crippen LogP contribution in [0.25, 0.3) is 0 Å². The summed E-state index contributed by atoms with van der Waals surface area (Å²) in [4.78, 5) is 14.7. The summed E-state index contributed by atoms with van der Waals surface area (Å²) < 4.78 is 0. The molecule has 1 rings (SSSR count). The molecule has 0 fully saturated rings. The van der Waals surface area contributed by atoms with Gasteiger partial charge in [-0.3, -0.25) is 4.79 Å². The number of nitrogens with zero attached hydrogens (tertiary/aromatic N) is 1. The molecule has 0 aliphatic rings. The van der Waals surface area contributed by atoms with Crippen LogP contribution in [0.1, 0.15) is 37.0 Å². The molecule has 0 aliphatic heterocycles. The topological polar surface area (TPSA) is 20.3 Å². The van der Waals surface area contributed by atoms with Crippen molar-refractivity contribution in [3.05, 3.63) is 29.8 Å². The van der Waals surface area contributed by atoms with Crippen LogP contribution in [0.2, 0.25) is 0 Å². The normalized spacial score (nSPS) is 12.2. The molecule has 1 aromatic rings. The third-order valence-corrected chi connectivity index (χ3v) is 3.06. The smallest absolute Gasteiger partial charge is 0.253 e. The Morgan fingerprint density at radius 3 is 2.75 bits per heavy atom. The summed E-state index contributed by atoms with van der Waals surface area (Å²) in [5.74, 6) is 0.0665. The Hall–Kier alpha value is -0.960. The van der Waals surface area contributed by atoms with E-state index in [0.717, 1.165) is 17.7 Å². The third-order valence-electron chi connectivity index (χ3n) is 2.78. The average molecular weight is 237 g/mol. The minimum Gasteiger partial charge on any atom is -0.339 e. The van der Waals surface area contributed by atoms with Gasteiger partial charge in [-0.05, 0) is 31.5 Å². The summed E-state index contributed by atoms with van der Waals surface area (Å²) in [6, 6.07) is 7.64. The number of amides is 1. The number of carbonyl (C=O) groups excluding carboxylic acids is 1. The molecule has 2 nitrogen and oxygen atoms in total. The Bertz CT molecular complexity index is 365. The van der Waals surface area contributed by atoms with Gasteiger partial charge in [0.25, 0.3) is 5.91 Å². The van der Waals surface area contributed by atoms with Crippen LogP contribution in [0.15, 0.2) is 29.2 Å². The standard InChI is InChI=1S/C13H19NOS/c1-4-6-10(2)14(3)13(15)11-7-5-8-12(16)9-11/h5,7-10,16H,4,6H2,1-3H3. The fraction of sp³-hybridized carbons (Fsp3) is 0.462. The minimum atomic E-state index is 0.0665. The Labute approximate surface area is 103 Å². The van der Waals surface area contributed by atoms with E-state index in [0.29, 0.717) is 5.56 Å². The van der Waals surface area contributed by atoms with Crippen molar-refractivity contribution in [2.75, 3.05) is 7.05 Å². The van der Waals surface area contributed by atoms with Crippen LogP contribution in [-0.2, 0) is 0 Å². The molecule has 0 saturated carbocycles. The van der Waals surface area contributed by atoms with Gasteiger partial charge >= 0.3 is 0 Å². The summed E-state index contributed by atoms with van der Waals surface area (Å²) in [5.41, 5.74) is 0.706. The summed E-state index contributed by atoms with van der Waals surface area (Å²) in [5, 5.41) is 0. The fourth-order valence-electron chi connectivity index (χ4n) is 1.65. The summed E-state index contributed by atoms with van der Waals surface area (Å²) in [7, 11) is 1.86. The average Bonchev–Trinajstić information content (AvgIpc) is 2.27. The SMILES string of the molecule is CCCC(C)N(C)C(=O)c1cccc(S)c1. The van der Waals surface area contributed by atoms with E-state index in [1.807, 2.05) is 25.2 Å². The van der Waals surface area contributed by atoms with E-state index in [4.69, 9.17) is 0 Å². The molecule has 0 aromatic heterocycles. The minimum absolute atomic E-state index is 0.0665. The molecule has 0 radical (unpaired) electrons. The van der Waals surface area contributed by atoms with Gasteiger partial charge in [-0.25, -0.2) is 0 Å². The largest absolute Gasteiger partial charge is 0.339 e. The zero-order valence-electron chi connectivity index (χ0n) is 10.1. The van der Waals surface area contributed by atoms with Gasteiger partial charge in [0.2, 0.25) is 0 Å². The van der Waals surface area contributed by atoms with Gasteiger partial charge in [-0.2, -0.15) is 0 Å².